The number of nitrogens with two attached hydrogens (primary N) is 1. The smallest absolute Gasteiger partial charge is 0.363 e. The number of nitrogens with one attached hydrogen (secondary N) is 1. The number of anilines is 1. The number of carbonyl (C=O) groups is 1. The van der Waals surface area contributed by atoms with Gasteiger partial charge in [-0.25, -0.2) is 9.59 Å². The van der Waals surface area contributed by atoms with Crippen molar-refractivity contribution in [2.75, 3.05) is 26.1 Å². The number of aromatic hydroxyl groups is 2. The molecule has 0 saturated carbocycles. The molecule has 0 bridgehead atoms. The van der Waals surface area contributed by atoms with Crippen LogP contribution in [-0.2, 0) is 11.3 Å². The first kappa shape index (κ1) is 21.7. The van der Waals surface area contributed by atoms with Crippen molar-refractivity contribution in [2.45, 2.75) is 6.54 Å². The molecule has 4 aromatic rings. The third-order valence-corrected chi connectivity index (χ3v) is 4.65. The number of methoxy groups -OCH3 is 1. The Hall–Kier alpha value is -4.52. The number of H-pyrrole nitrogens is 1. The minimum absolute atomic E-state index is 0.0133. The van der Waals surface area contributed by atoms with E-state index in [0.29, 0.717) is 16.9 Å². The number of nitrogens with zero attached hydrogens (tertiary/aromatic N) is 4. The van der Waals surface area contributed by atoms with Crippen LogP contribution < -0.4 is 21.0 Å². The van der Waals surface area contributed by atoms with E-state index >= 15 is 0 Å². The topological polar surface area (TPSA) is 180 Å². The van der Waals surface area contributed by atoms with Gasteiger partial charge in [-0.3, -0.25) is 4.57 Å². The number of aromatic nitrogens is 5. The van der Waals surface area contributed by atoms with E-state index in [-0.39, 0.29) is 41.7 Å². The summed E-state index contributed by atoms with van der Waals surface area (Å²) in [4.78, 5) is 40.6. The van der Waals surface area contributed by atoms with E-state index in [0.717, 1.165) is 0 Å². The molecule has 1 aromatic carbocycles. The molecule has 13 heteroatoms. The predicted molar refractivity (Wildman–Crippen MR) is 114 cm³/mol. The van der Waals surface area contributed by atoms with E-state index in [9.17, 15) is 19.8 Å². The van der Waals surface area contributed by atoms with Crippen LogP contribution in [0, 0.1) is 0 Å². The largest absolute Gasteiger partial charge is 0.492 e. The molecule has 33 heavy (non-hydrogen) atoms. The Labute approximate surface area is 185 Å². The van der Waals surface area contributed by atoms with E-state index in [1.165, 1.54) is 35.9 Å². The number of fused-ring (bicyclic) bond motifs is 1. The molecule has 0 spiro atoms. The van der Waals surface area contributed by atoms with Crippen LogP contribution in [0.1, 0.15) is 15.9 Å². The highest BCUT2D eigenvalue weighted by molar-refractivity contribution is 5.89. The van der Waals surface area contributed by atoms with Crippen LogP contribution in [-0.4, -0.2) is 60.8 Å². The maximum Gasteiger partial charge on any atom is 0.363 e. The standard InChI is InChI=1S/C20H20N6O7/c1-31-8-9-32-19-23-16(21)15-17(24-19)25(20(30)22-15)10-11-2-4-12(5-3-11)18(29)33-26-13(27)6-7-14(26)28/h2-7,27-28H,8-10H2,1H3,(H,22,30)(H2,21,23,24). The molecule has 3 heterocycles. The van der Waals surface area contributed by atoms with Gasteiger partial charge >= 0.3 is 17.7 Å². The van der Waals surface area contributed by atoms with Crippen molar-refractivity contribution in [2.24, 2.45) is 0 Å². The summed E-state index contributed by atoms with van der Waals surface area (Å²) in [6, 6.07) is 8.58. The summed E-state index contributed by atoms with van der Waals surface area (Å²) in [6.45, 7) is 0.674. The van der Waals surface area contributed by atoms with Crippen LogP contribution >= 0.6 is 0 Å². The molecule has 3 aromatic heterocycles. The summed E-state index contributed by atoms with van der Waals surface area (Å²) >= 11 is 0. The molecular formula is C20H20N6O7. The Morgan fingerprint density at radius 1 is 1.09 bits per heavy atom. The first-order valence-electron chi connectivity index (χ1n) is 9.66. The lowest BCUT2D eigenvalue weighted by atomic mass is 10.1. The van der Waals surface area contributed by atoms with E-state index in [2.05, 4.69) is 15.0 Å². The normalized spacial score (nSPS) is 11.1. The molecule has 5 N–H and O–H groups in total. The average molecular weight is 456 g/mol. The summed E-state index contributed by atoms with van der Waals surface area (Å²) in [5.74, 6) is -1.59. The highest BCUT2D eigenvalue weighted by atomic mass is 16.7. The third kappa shape index (κ3) is 4.43. The molecule has 0 fully saturated rings. The second kappa shape index (κ2) is 8.92. The minimum Gasteiger partial charge on any atom is -0.492 e. The van der Waals surface area contributed by atoms with Gasteiger partial charge in [-0.15, -0.1) is 4.73 Å². The van der Waals surface area contributed by atoms with Gasteiger partial charge in [0, 0.05) is 19.2 Å². The SMILES string of the molecule is COCCOc1nc(N)c2[nH]c(=O)n(Cc3ccc(C(=O)On4c(O)ccc4O)cc3)c2n1. The van der Waals surface area contributed by atoms with Gasteiger partial charge in [0.15, 0.2) is 11.5 Å². The molecule has 172 valence electrons. The van der Waals surface area contributed by atoms with Crippen LogP contribution in [0.2, 0.25) is 0 Å². The summed E-state index contributed by atoms with van der Waals surface area (Å²) < 4.78 is 12.3. The quantitative estimate of drug-likeness (QED) is 0.269. The monoisotopic (exact) mass is 456 g/mol. The maximum absolute atomic E-state index is 12.5. The molecule has 0 unspecified atom stereocenters. The number of ether oxygens (including phenoxy) is 2. The molecular weight excluding hydrogens is 436 g/mol. The lowest BCUT2D eigenvalue weighted by Crippen LogP contribution is -2.19. The second-order valence-corrected chi connectivity index (χ2v) is 6.87. The maximum atomic E-state index is 12.5. The van der Waals surface area contributed by atoms with Gasteiger partial charge in [-0.2, -0.15) is 9.97 Å². The first-order valence-corrected chi connectivity index (χ1v) is 9.66. The Kier molecular flexibility index (Phi) is 5.87. The average Bonchev–Trinajstić information content (AvgIpc) is 3.28. The van der Waals surface area contributed by atoms with E-state index in [1.807, 2.05) is 0 Å². The van der Waals surface area contributed by atoms with Gasteiger partial charge in [0.2, 0.25) is 11.8 Å². The number of rotatable bonds is 8. The second-order valence-electron chi connectivity index (χ2n) is 6.87. The Balaban J connectivity index is 1.55. The molecule has 0 aliphatic rings. The van der Waals surface area contributed by atoms with Gasteiger partial charge in [-0.1, -0.05) is 12.1 Å². The van der Waals surface area contributed by atoms with Gasteiger partial charge in [0.1, 0.15) is 12.1 Å². The van der Waals surface area contributed by atoms with E-state index < -0.39 is 23.4 Å². The molecule has 0 aliphatic carbocycles. The van der Waals surface area contributed by atoms with Crippen molar-refractivity contribution < 1.29 is 29.3 Å². The number of hydrogen-bond donors (Lipinski definition) is 4. The number of benzene rings is 1. The molecule has 0 amide bonds. The summed E-state index contributed by atoms with van der Waals surface area (Å²) in [5.41, 5.74) is 6.88. The zero-order chi connectivity index (χ0) is 23.5. The fraction of sp³-hybridized carbons (Fsp3) is 0.200. The number of hydrogen-bond acceptors (Lipinski definition) is 10. The Morgan fingerprint density at radius 2 is 1.79 bits per heavy atom. The minimum atomic E-state index is -0.800. The summed E-state index contributed by atoms with van der Waals surface area (Å²) in [5, 5.41) is 19.2. The van der Waals surface area contributed by atoms with Crippen molar-refractivity contribution in [3.05, 3.63) is 58.0 Å². The zero-order valence-electron chi connectivity index (χ0n) is 17.4. The lowest BCUT2D eigenvalue weighted by Gasteiger charge is -2.08. The van der Waals surface area contributed by atoms with Gasteiger partial charge in [0.25, 0.3) is 0 Å². The Bertz CT molecular complexity index is 1340. The van der Waals surface area contributed by atoms with Gasteiger partial charge in [0.05, 0.1) is 18.7 Å². The van der Waals surface area contributed by atoms with E-state index in [1.54, 1.807) is 12.1 Å². The van der Waals surface area contributed by atoms with Gasteiger partial charge in [-0.05, 0) is 17.7 Å². The highest BCUT2D eigenvalue weighted by Crippen LogP contribution is 2.20. The predicted octanol–water partition coefficient (Wildman–Crippen LogP) is 0.257. The number of imidazole rings is 1. The fourth-order valence-electron chi connectivity index (χ4n) is 3.02. The molecule has 0 radical (unpaired) electrons. The Morgan fingerprint density at radius 3 is 2.45 bits per heavy atom. The van der Waals surface area contributed by atoms with Crippen LogP contribution in [0.5, 0.6) is 17.8 Å². The molecule has 0 atom stereocenters. The summed E-state index contributed by atoms with van der Waals surface area (Å²) in [7, 11) is 1.53. The van der Waals surface area contributed by atoms with Crippen LogP contribution in [0.15, 0.2) is 41.2 Å². The molecule has 0 aliphatic heterocycles. The van der Waals surface area contributed by atoms with Crippen LogP contribution in [0.25, 0.3) is 11.2 Å². The van der Waals surface area contributed by atoms with Crippen molar-refractivity contribution in [3.63, 3.8) is 0 Å². The van der Waals surface area contributed by atoms with Crippen molar-refractivity contribution in [3.8, 4) is 17.8 Å². The number of carbonyl (C=O) groups excluding carboxylic acids is 1. The highest BCUT2D eigenvalue weighted by Gasteiger charge is 2.17. The molecule has 4 rings (SSSR count). The van der Waals surface area contributed by atoms with Crippen molar-refractivity contribution >= 4 is 23.0 Å². The van der Waals surface area contributed by atoms with E-state index in [4.69, 9.17) is 20.0 Å². The van der Waals surface area contributed by atoms with Crippen molar-refractivity contribution in [1.82, 2.24) is 24.2 Å². The van der Waals surface area contributed by atoms with Crippen LogP contribution in [0.4, 0.5) is 5.82 Å². The number of nitrogen functional groups attached to an aromatic ring is 1. The van der Waals surface area contributed by atoms with Crippen molar-refractivity contribution in [1.29, 1.82) is 0 Å². The molecule has 13 nitrogen and oxygen atoms in total. The zero-order valence-corrected chi connectivity index (χ0v) is 17.4. The fourth-order valence-corrected chi connectivity index (χ4v) is 3.02. The first-order chi connectivity index (χ1) is 15.9. The van der Waals surface area contributed by atoms with Crippen LogP contribution in [0.3, 0.4) is 0 Å². The lowest BCUT2D eigenvalue weighted by molar-refractivity contribution is 0.0381. The summed E-state index contributed by atoms with van der Waals surface area (Å²) in [6.07, 6.45) is 0. The molecule has 0 saturated heterocycles. The number of aromatic amines is 1. The third-order valence-electron chi connectivity index (χ3n) is 4.65. The van der Waals surface area contributed by atoms with Gasteiger partial charge < -0.3 is 35.2 Å².